The van der Waals surface area contributed by atoms with Gasteiger partial charge in [-0.05, 0) is 36.6 Å². The Morgan fingerprint density at radius 3 is 2.64 bits per heavy atom. The van der Waals surface area contributed by atoms with E-state index in [2.05, 4.69) is 17.1 Å². The highest BCUT2D eigenvalue weighted by atomic mass is 16.5. The van der Waals surface area contributed by atoms with Gasteiger partial charge < -0.3 is 9.30 Å². The summed E-state index contributed by atoms with van der Waals surface area (Å²) in [6, 6.07) is 17.7. The van der Waals surface area contributed by atoms with Crippen LogP contribution in [0.2, 0.25) is 0 Å². The molecule has 5 heteroatoms. The number of fused-ring (bicyclic) bond motifs is 3. The first-order valence-corrected chi connectivity index (χ1v) is 8.36. The minimum atomic E-state index is 0.0116. The maximum Gasteiger partial charge on any atom is 0.275 e. The summed E-state index contributed by atoms with van der Waals surface area (Å²) in [5, 5.41) is 0. The molecule has 0 amide bonds. The number of aromatic nitrogens is 3. The number of aryl methyl sites for hydroxylation is 2. The molecule has 1 aromatic carbocycles. The van der Waals surface area contributed by atoms with Crippen molar-refractivity contribution in [1.29, 1.82) is 0 Å². The Morgan fingerprint density at radius 2 is 1.84 bits per heavy atom. The summed E-state index contributed by atoms with van der Waals surface area (Å²) in [5.41, 5.74) is 3.48. The van der Waals surface area contributed by atoms with Crippen molar-refractivity contribution >= 4 is 16.7 Å². The number of benzene rings is 1. The zero-order valence-electron chi connectivity index (χ0n) is 14.1. The van der Waals surface area contributed by atoms with Crippen LogP contribution in [0.25, 0.3) is 16.7 Å². The second kappa shape index (κ2) is 6.43. The zero-order chi connectivity index (χ0) is 17.2. The summed E-state index contributed by atoms with van der Waals surface area (Å²) in [4.78, 5) is 17.4. The number of methoxy groups -OCH3 is 1. The molecule has 0 unspecified atom stereocenters. The lowest BCUT2D eigenvalue weighted by Crippen LogP contribution is -2.23. The Balaban J connectivity index is 1.76. The van der Waals surface area contributed by atoms with Crippen LogP contribution >= 0.6 is 0 Å². The van der Waals surface area contributed by atoms with Crippen molar-refractivity contribution in [2.45, 2.75) is 19.4 Å². The van der Waals surface area contributed by atoms with Gasteiger partial charge >= 0.3 is 0 Å². The van der Waals surface area contributed by atoms with Crippen LogP contribution < -0.4 is 10.3 Å². The predicted octanol–water partition coefficient (Wildman–Crippen LogP) is 3.29. The van der Waals surface area contributed by atoms with E-state index in [4.69, 9.17) is 4.74 Å². The second-order valence-electron chi connectivity index (χ2n) is 6.01. The van der Waals surface area contributed by atoms with Crippen LogP contribution in [0.4, 0.5) is 0 Å². The van der Waals surface area contributed by atoms with Crippen LogP contribution in [0.5, 0.6) is 5.88 Å². The van der Waals surface area contributed by atoms with E-state index in [0.717, 1.165) is 24.0 Å². The van der Waals surface area contributed by atoms with Crippen LogP contribution in [0, 0.1) is 0 Å². The topological polar surface area (TPSA) is 48.5 Å². The van der Waals surface area contributed by atoms with E-state index in [-0.39, 0.29) is 5.56 Å². The lowest BCUT2D eigenvalue weighted by Gasteiger charge is -2.13. The molecule has 3 aromatic heterocycles. The SMILES string of the molecule is COc1ccc2c(n1)n1cccc1c(=O)n2CCCc1ccccc1. The van der Waals surface area contributed by atoms with Crippen LogP contribution in [0.15, 0.2) is 65.6 Å². The smallest absolute Gasteiger partial charge is 0.275 e. The molecule has 0 spiro atoms. The maximum absolute atomic E-state index is 12.9. The molecule has 126 valence electrons. The van der Waals surface area contributed by atoms with E-state index in [1.807, 2.05) is 51.6 Å². The average molecular weight is 333 g/mol. The first-order chi connectivity index (χ1) is 12.3. The normalized spacial score (nSPS) is 11.2. The van der Waals surface area contributed by atoms with E-state index in [1.54, 1.807) is 13.2 Å². The van der Waals surface area contributed by atoms with Gasteiger partial charge in [-0.3, -0.25) is 9.20 Å². The van der Waals surface area contributed by atoms with E-state index in [9.17, 15) is 4.79 Å². The van der Waals surface area contributed by atoms with Crippen molar-refractivity contribution < 1.29 is 4.74 Å². The van der Waals surface area contributed by atoms with Gasteiger partial charge in [0.1, 0.15) is 5.52 Å². The summed E-state index contributed by atoms with van der Waals surface area (Å²) in [6.07, 6.45) is 3.69. The molecule has 4 rings (SSSR count). The van der Waals surface area contributed by atoms with Crippen LogP contribution in [0.1, 0.15) is 12.0 Å². The monoisotopic (exact) mass is 333 g/mol. The van der Waals surface area contributed by atoms with Crippen molar-refractivity contribution in [2.24, 2.45) is 0 Å². The first kappa shape index (κ1) is 15.4. The van der Waals surface area contributed by atoms with E-state index in [1.165, 1.54) is 5.56 Å². The number of ether oxygens (including phenoxy) is 1. The van der Waals surface area contributed by atoms with Gasteiger partial charge in [0.25, 0.3) is 5.56 Å². The molecule has 4 aromatic rings. The largest absolute Gasteiger partial charge is 0.481 e. The summed E-state index contributed by atoms with van der Waals surface area (Å²) >= 11 is 0. The first-order valence-electron chi connectivity index (χ1n) is 8.36. The Hall–Kier alpha value is -3.08. The number of nitrogens with zero attached hydrogens (tertiary/aromatic N) is 3. The fraction of sp³-hybridized carbons (Fsp3) is 0.200. The molecule has 0 aliphatic rings. The van der Waals surface area contributed by atoms with Crippen molar-refractivity contribution in [3.63, 3.8) is 0 Å². The van der Waals surface area contributed by atoms with Crippen molar-refractivity contribution in [3.8, 4) is 5.88 Å². The standard InChI is InChI=1S/C20H19N3O2/c1-25-18-12-11-16-19(21-18)22-13-6-10-17(22)20(24)23(16)14-5-9-15-7-3-2-4-8-15/h2-4,6-8,10-13H,5,9,14H2,1H3. The molecule has 0 saturated heterocycles. The Kier molecular flexibility index (Phi) is 3.98. The summed E-state index contributed by atoms with van der Waals surface area (Å²) in [6.45, 7) is 0.653. The van der Waals surface area contributed by atoms with Gasteiger partial charge in [-0.2, -0.15) is 4.98 Å². The lowest BCUT2D eigenvalue weighted by molar-refractivity contribution is 0.399. The van der Waals surface area contributed by atoms with E-state index in [0.29, 0.717) is 17.9 Å². The number of hydrogen-bond donors (Lipinski definition) is 0. The van der Waals surface area contributed by atoms with Gasteiger partial charge in [-0.15, -0.1) is 0 Å². The molecule has 0 saturated carbocycles. The lowest BCUT2D eigenvalue weighted by atomic mass is 10.1. The van der Waals surface area contributed by atoms with Gasteiger partial charge in [-0.25, -0.2) is 0 Å². The Morgan fingerprint density at radius 1 is 1.00 bits per heavy atom. The fourth-order valence-electron chi connectivity index (χ4n) is 3.22. The molecule has 0 radical (unpaired) electrons. The third-order valence-corrected chi connectivity index (χ3v) is 4.46. The quantitative estimate of drug-likeness (QED) is 0.563. The molecule has 0 N–H and O–H groups in total. The van der Waals surface area contributed by atoms with Gasteiger partial charge in [0.05, 0.1) is 12.6 Å². The molecular formula is C20H19N3O2. The Bertz CT molecular complexity index is 1080. The molecule has 0 aliphatic heterocycles. The summed E-state index contributed by atoms with van der Waals surface area (Å²) in [7, 11) is 1.59. The molecule has 0 bridgehead atoms. The van der Waals surface area contributed by atoms with Gasteiger partial charge in [0, 0.05) is 18.8 Å². The minimum absolute atomic E-state index is 0.0116. The molecule has 3 heterocycles. The van der Waals surface area contributed by atoms with Crippen LogP contribution in [-0.2, 0) is 13.0 Å². The second-order valence-corrected chi connectivity index (χ2v) is 6.01. The van der Waals surface area contributed by atoms with Crippen molar-refractivity contribution in [2.75, 3.05) is 7.11 Å². The van der Waals surface area contributed by atoms with E-state index < -0.39 is 0 Å². The third-order valence-electron chi connectivity index (χ3n) is 4.46. The van der Waals surface area contributed by atoms with Crippen LogP contribution in [-0.4, -0.2) is 21.1 Å². The maximum atomic E-state index is 12.9. The molecule has 0 fully saturated rings. The predicted molar refractivity (Wildman–Crippen MR) is 98.3 cm³/mol. The van der Waals surface area contributed by atoms with Gasteiger partial charge in [-0.1, -0.05) is 30.3 Å². The third kappa shape index (κ3) is 2.78. The highest BCUT2D eigenvalue weighted by Gasteiger charge is 2.12. The number of hydrogen-bond acceptors (Lipinski definition) is 3. The van der Waals surface area contributed by atoms with E-state index >= 15 is 0 Å². The van der Waals surface area contributed by atoms with Gasteiger partial charge in [0.15, 0.2) is 5.65 Å². The average Bonchev–Trinajstić information content (AvgIpc) is 3.15. The molecule has 25 heavy (non-hydrogen) atoms. The fourth-order valence-corrected chi connectivity index (χ4v) is 3.22. The highest BCUT2D eigenvalue weighted by molar-refractivity contribution is 5.75. The summed E-state index contributed by atoms with van der Waals surface area (Å²) < 4.78 is 8.89. The minimum Gasteiger partial charge on any atom is -0.481 e. The zero-order valence-corrected chi connectivity index (χ0v) is 14.1. The molecular weight excluding hydrogens is 314 g/mol. The Labute approximate surface area is 145 Å². The summed E-state index contributed by atoms with van der Waals surface area (Å²) in [5.74, 6) is 0.539. The van der Waals surface area contributed by atoms with Gasteiger partial charge in [0.2, 0.25) is 5.88 Å². The number of pyridine rings is 1. The molecule has 0 aliphatic carbocycles. The van der Waals surface area contributed by atoms with Crippen molar-refractivity contribution in [3.05, 3.63) is 76.7 Å². The van der Waals surface area contributed by atoms with Crippen LogP contribution in [0.3, 0.4) is 0 Å². The van der Waals surface area contributed by atoms with Crippen molar-refractivity contribution in [1.82, 2.24) is 14.0 Å². The number of rotatable bonds is 5. The molecule has 5 nitrogen and oxygen atoms in total. The highest BCUT2D eigenvalue weighted by Crippen LogP contribution is 2.18. The molecule has 0 atom stereocenters.